The molecule has 2 rings (SSSR count). The number of rotatable bonds is 6. The Morgan fingerprint density at radius 2 is 1.77 bits per heavy atom. The third-order valence-electron chi connectivity index (χ3n) is 4.01. The molecule has 0 fully saturated rings. The van der Waals surface area contributed by atoms with E-state index in [4.69, 9.17) is 11.6 Å². The molecule has 0 saturated heterocycles. The van der Waals surface area contributed by atoms with Gasteiger partial charge in [0.25, 0.3) is 5.91 Å². The van der Waals surface area contributed by atoms with Crippen LogP contribution in [-0.2, 0) is 9.84 Å². The molecule has 0 aliphatic carbocycles. The van der Waals surface area contributed by atoms with Crippen LogP contribution in [0.1, 0.15) is 31.1 Å². The molecule has 0 spiro atoms. The molecule has 0 heterocycles. The summed E-state index contributed by atoms with van der Waals surface area (Å²) in [5.41, 5.74) is 1.94. The molecule has 0 unspecified atom stereocenters. The van der Waals surface area contributed by atoms with E-state index < -0.39 is 15.7 Å². The number of carbonyl (C=O) groups excluding carboxylic acids is 1. The number of anilines is 2. The summed E-state index contributed by atoms with van der Waals surface area (Å²) in [4.78, 5) is 14.6. The zero-order chi connectivity index (χ0) is 19.5. The lowest BCUT2D eigenvalue weighted by Crippen LogP contribution is -2.30. The fourth-order valence-corrected chi connectivity index (χ4v) is 4.02. The van der Waals surface area contributed by atoms with Gasteiger partial charge in [0.05, 0.1) is 9.92 Å². The molecule has 2 aromatic carbocycles. The quantitative estimate of drug-likeness (QED) is 0.796. The Kier molecular flexibility index (Phi) is 6.31. The van der Waals surface area contributed by atoms with Crippen molar-refractivity contribution in [2.75, 3.05) is 23.0 Å². The average Bonchev–Trinajstić information content (AvgIpc) is 2.56. The Bertz CT molecular complexity index is 894. The van der Waals surface area contributed by atoms with Gasteiger partial charge >= 0.3 is 0 Å². The molecule has 0 saturated carbocycles. The highest BCUT2D eigenvalue weighted by atomic mass is 35.5. The highest BCUT2D eigenvalue weighted by Gasteiger charge is 2.16. The Labute approximate surface area is 159 Å². The van der Waals surface area contributed by atoms with E-state index in [2.05, 4.69) is 31.0 Å². The number of nitrogens with one attached hydrogen (secondary N) is 1. The van der Waals surface area contributed by atoms with Crippen LogP contribution < -0.4 is 10.2 Å². The summed E-state index contributed by atoms with van der Waals surface area (Å²) in [7, 11) is -3.51. The number of hydrogen-bond donors (Lipinski definition) is 1. The predicted molar refractivity (Wildman–Crippen MR) is 107 cm³/mol. The summed E-state index contributed by atoms with van der Waals surface area (Å²) in [5.74, 6) is -0.393. The Balaban J connectivity index is 2.20. The first-order chi connectivity index (χ1) is 12.1. The van der Waals surface area contributed by atoms with Gasteiger partial charge in [0.15, 0.2) is 9.84 Å². The SMILES string of the molecule is CCN(c1ccc(NC(=O)c2ccc(Cl)c(S(C)(=O)=O)c2)cc1)C(C)C. The molecule has 0 aliphatic heterocycles. The van der Waals surface area contributed by atoms with Gasteiger partial charge in [-0.25, -0.2) is 8.42 Å². The van der Waals surface area contributed by atoms with Gasteiger partial charge in [-0.05, 0) is 63.2 Å². The van der Waals surface area contributed by atoms with Crippen LogP contribution >= 0.6 is 11.6 Å². The number of nitrogens with zero attached hydrogens (tertiary/aromatic N) is 1. The average molecular weight is 395 g/mol. The van der Waals surface area contributed by atoms with Crippen molar-refractivity contribution < 1.29 is 13.2 Å². The lowest BCUT2D eigenvalue weighted by Gasteiger charge is -2.27. The van der Waals surface area contributed by atoms with Crippen LogP contribution in [0.15, 0.2) is 47.4 Å². The van der Waals surface area contributed by atoms with E-state index in [1.54, 1.807) is 0 Å². The van der Waals surface area contributed by atoms with Gasteiger partial charge in [-0.3, -0.25) is 4.79 Å². The van der Waals surface area contributed by atoms with E-state index in [-0.39, 0.29) is 15.5 Å². The number of benzene rings is 2. The first-order valence-electron chi connectivity index (χ1n) is 8.31. The molecule has 140 valence electrons. The molecule has 0 aromatic heterocycles. The van der Waals surface area contributed by atoms with Crippen LogP contribution in [0.2, 0.25) is 5.02 Å². The number of sulfone groups is 1. The molecule has 0 radical (unpaired) electrons. The summed E-state index contributed by atoms with van der Waals surface area (Å²) >= 11 is 5.92. The van der Waals surface area contributed by atoms with Gasteiger partial charge in [0.1, 0.15) is 0 Å². The van der Waals surface area contributed by atoms with E-state index in [0.717, 1.165) is 18.5 Å². The lowest BCUT2D eigenvalue weighted by molar-refractivity contribution is 0.102. The summed E-state index contributed by atoms with van der Waals surface area (Å²) in [5, 5.41) is 2.87. The Morgan fingerprint density at radius 3 is 2.27 bits per heavy atom. The molecule has 5 nitrogen and oxygen atoms in total. The molecule has 0 atom stereocenters. The van der Waals surface area contributed by atoms with E-state index in [1.165, 1.54) is 18.2 Å². The summed E-state index contributed by atoms with van der Waals surface area (Å²) < 4.78 is 23.5. The second kappa shape index (κ2) is 8.10. The number of amides is 1. The van der Waals surface area contributed by atoms with Gasteiger partial charge in [-0.15, -0.1) is 0 Å². The van der Waals surface area contributed by atoms with Crippen LogP contribution in [0.4, 0.5) is 11.4 Å². The summed E-state index contributed by atoms with van der Waals surface area (Å²) in [6, 6.07) is 12.1. The van der Waals surface area contributed by atoms with Gasteiger partial charge < -0.3 is 10.2 Å². The van der Waals surface area contributed by atoms with E-state index in [9.17, 15) is 13.2 Å². The minimum Gasteiger partial charge on any atom is -0.369 e. The number of carbonyl (C=O) groups is 1. The molecule has 1 amide bonds. The first-order valence-corrected chi connectivity index (χ1v) is 10.6. The third kappa shape index (κ3) is 4.77. The maximum Gasteiger partial charge on any atom is 0.255 e. The lowest BCUT2D eigenvalue weighted by atomic mass is 10.2. The van der Waals surface area contributed by atoms with Crippen LogP contribution in [0.3, 0.4) is 0 Å². The zero-order valence-corrected chi connectivity index (χ0v) is 16.9. The standard InChI is InChI=1S/C19H23ClN2O3S/c1-5-22(13(2)3)16-9-7-15(8-10-16)21-19(23)14-6-11-17(20)18(12-14)26(4,24)25/h6-13H,5H2,1-4H3,(H,21,23). The molecule has 2 aromatic rings. The predicted octanol–water partition coefficient (Wildman–Crippen LogP) is 4.23. The van der Waals surface area contributed by atoms with Crippen LogP contribution in [0.25, 0.3) is 0 Å². The van der Waals surface area contributed by atoms with Crippen molar-refractivity contribution in [2.45, 2.75) is 31.7 Å². The first kappa shape index (κ1) is 20.3. The van der Waals surface area contributed by atoms with Crippen molar-refractivity contribution in [3.63, 3.8) is 0 Å². The fraction of sp³-hybridized carbons (Fsp3) is 0.316. The molecule has 1 N–H and O–H groups in total. The van der Waals surface area contributed by atoms with Gasteiger partial charge in [-0.2, -0.15) is 0 Å². The number of halogens is 1. The van der Waals surface area contributed by atoms with Crippen molar-refractivity contribution in [3.8, 4) is 0 Å². The van der Waals surface area contributed by atoms with Crippen molar-refractivity contribution in [1.82, 2.24) is 0 Å². The van der Waals surface area contributed by atoms with Crippen molar-refractivity contribution in [2.24, 2.45) is 0 Å². The molecule has 0 bridgehead atoms. The van der Waals surface area contributed by atoms with Crippen molar-refractivity contribution >= 4 is 38.7 Å². The molecular formula is C19H23ClN2O3S. The van der Waals surface area contributed by atoms with Crippen LogP contribution in [-0.4, -0.2) is 33.2 Å². The van der Waals surface area contributed by atoms with Crippen LogP contribution in [0, 0.1) is 0 Å². The minimum atomic E-state index is -3.51. The molecule has 26 heavy (non-hydrogen) atoms. The normalized spacial score (nSPS) is 11.5. The molecule has 7 heteroatoms. The largest absolute Gasteiger partial charge is 0.369 e. The monoisotopic (exact) mass is 394 g/mol. The van der Waals surface area contributed by atoms with Crippen molar-refractivity contribution in [3.05, 3.63) is 53.1 Å². The van der Waals surface area contributed by atoms with Crippen molar-refractivity contribution in [1.29, 1.82) is 0 Å². The maximum absolute atomic E-state index is 12.4. The van der Waals surface area contributed by atoms with E-state index in [0.29, 0.717) is 11.7 Å². The van der Waals surface area contributed by atoms with Gasteiger partial charge in [0, 0.05) is 35.8 Å². The highest BCUT2D eigenvalue weighted by Crippen LogP contribution is 2.24. The number of hydrogen-bond acceptors (Lipinski definition) is 4. The molecular weight excluding hydrogens is 372 g/mol. The van der Waals surface area contributed by atoms with Crippen LogP contribution in [0.5, 0.6) is 0 Å². The maximum atomic E-state index is 12.4. The van der Waals surface area contributed by atoms with Gasteiger partial charge in [0.2, 0.25) is 0 Å². The second-order valence-corrected chi connectivity index (χ2v) is 8.69. The smallest absolute Gasteiger partial charge is 0.255 e. The molecule has 0 aliphatic rings. The minimum absolute atomic E-state index is 0.0577. The summed E-state index contributed by atoms with van der Waals surface area (Å²) in [6.45, 7) is 7.23. The zero-order valence-electron chi connectivity index (χ0n) is 15.3. The highest BCUT2D eigenvalue weighted by molar-refractivity contribution is 7.90. The van der Waals surface area contributed by atoms with Gasteiger partial charge in [-0.1, -0.05) is 11.6 Å². The Morgan fingerprint density at radius 1 is 1.15 bits per heavy atom. The van der Waals surface area contributed by atoms with E-state index in [1.807, 2.05) is 24.3 Å². The summed E-state index contributed by atoms with van der Waals surface area (Å²) in [6.07, 6.45) is 1.06. The second-order valence-electron chi connectivity index (χ2n) is 6.30. The topological polar surface area (TPSA) is 66.5 Å². The third-order valence-corrected chi connectivity index (χ3v) is 5.59. The van der Waals surface area contributed by atoms with E-state index >= 15 is 0 Å². The fourth-order valence-electron chi connectivity index (χ4n) is 2.71. The Hall–Kier alpha value is -2.05.